The maximum Gasteiger partial charge on any atom is 0.303 e. The number of aliphatic carboxylic acids is 1. The van der Waals surface area contributed by atoms with E-state index < -0.39 is 5.97 Å². The Balaban J connectivity index is 2.23. The van der Waals surface area contributed by atoms with Gasteiger partial charge in [0.05, 0.1) is 6.61 Å². The lowest BCUT2D eigenvalue weighted by molar-refractivity contribution is -0.137. The number of unbranched alkanes of at least 4 members (excludes halogenated alkanes) is 5. The van der Waals surface area contributed by atoms with Gasteiger partial charge in [0.25, 0.3) is 0 Å². The fourth-order valence-corrected chi connectivity index (χ4v) is 2.34. The van der Waals surface area contributed by atoms with Crippen LogP contribution in [0.15, 0.2) is 24.3 Å². The van der Waals surface area contributed by atoms with E-state index in [-0.39, 0.29) is 12.2 Å². The lowest BCUT2D eigenvalue weighted by Gasteiger charge is -2.07. The lowest BCUT2D eigenvalue weighted by Crippen LogP contribution is -2.01. The summed E-state index contributed by atoms with van der Waals surface area (Å²) in [6.07, 6.45) is 7.50. The van der Waals surface area contributed by atoms with Gasteiger partial charge >= 0.3 is 5.97 Å². The van der Waals surface area contributed by atoms with Gasteiger partial charge in [-0.25, -0.2) is 0 Å². The van der Waals surface area contributed by atoms with E-state index >= 15 is 0 Å². The Morgan fingerprint density at radius 1 is 0.913 bits per heavy atom. The Kier molecular flexibility index (Phi) is 9.76. The third-order valence-electron chi connectivity index (χ3n) is 3.74. The quantitative estimate of drug-likeness (QED) is 0.416. The number of benzene rings is 1. The highest BCUT2D eigenvalue weighted by atomic mass is 16.5. The maximum atomic E-state index is 12.0. The molecular formula is C19H28O4. The van der Waals surface area contributed by atoms with Gasteiger partial charge in [0, 0.05) is 18.4 Å². The van der Waals surface area contributed by atoms with Crippen molar-refractivity contribution in [2.45, 2.75) is 64.7 Å². The molecule has 0 spiro atoms. The van der Waals surface area contributed by atoms with Crippen LogP contribution < -0.4 is 4.74 Å². The highest BCUT2D eigenvalue weighted by Crippen LogP contribution is 2.15. The first-order valence-corrected chi connectivity index (χ1v) is 8.61. The molecule has 0 atom stereocenters. The topological polar surface area (TPSA) is 63.6 Å². The van der Waals surface area contributed by atoms with Crippen molar-refractivity contribution in [2.24, 2.45) is 0 Å². The Morgan fingerprint density at radius 2 is 1.57 bits per heavy atom. The molecule has 0 fully saturated rings. The number of Topliss-reactive ketones (excluding diaryl/α,β-unsaturated/α-hetero) is 1. The number of hydrogen-bond donors (Lipinski definition) is 1. The Labute approximate surface area is 138 Å². The predicted molar refractivity (Wildman–Crippen MR) is 91.1 cm³/mol. The predicted octanol–water partition coefficient (Wildman–Crippen LogP) is 4.86. The zero-order valence-electron chi connectivity index (χ0n) is 14.1. The summed E-state index contributed by atoms with van der Waals surface area (Å²) < 4.78 is 5.66. The average Bonchev–Trinajstić information content (AvgIpc) is 2.54. The van der Waals surface area contributed by atoms with Crippen molar-refractivity contribution in [3.63, 3.8) is 0 Å². The van der Waals surface area contributed by atoms with Crippen LogP contribution in [-0.4, -0.2) is 23.5 Å². The van der Waals surface area contributed by atoms with E-state index in [1.807, 2.05) is 12.1 Å². The highest BCUT2D eigenvalue weighted by Gasteiger charge is 2.06. The van der Waals surface area contributed by atoms with Crippen LogP contribution in [-0.2, 0) is 4.79 Å². The minimum atomic E-state index is -0.776. The van der Waals surface area contributed by atoms with Gasteiger partial charge in [-0.05, 0) is 43.5 Å². The maximum absolute atomic E-state index is 12.0. The summed E-state index contributed by atoms with van der Waals surface area (Å²) in [6, 6.07) is 7.30. The molecule has 0 heterocycles. The largest absolute Gasteiger partial charge is 0.494 e. The molecule has 0 bridgehead atoms. The zero-order chi connectivity index (χ0) is 16.9. The molecule has 1 aromatic rings. The van der Waals surface area contributed by atoms with E-state index in [2.05, 4.69) is 6.92 Å². The lowest BCUT2D eigenvalue weighted by atomic mass is 10.0. The van der Waals surface area contributed by atoms with Crippen molar-refractivity contribution < 1.29 is 19.4 Å². The molecule has 0 radical (unpaired) electrons. The molecule has 0 aliphatic rings. The molecule has 4 nitrogen and oxygen atoms in total. The van der Waals surface area contributed by atoms with Gasteiger partial charge in [0.1, 0.15) is 5.75 Å². The summed E-state index contributed by atoms with van der Waals surface area (Å²) in [5.74, 6) is 0.135. The van der Waals surface area contributed by atoms with Crippen molar-refractivity contribution in [1.82, 2.24) is 0 Å². The summed E-state index contributed by atoms with van der Waals surface area (Å²) in [5, 5.41) is 8.55. The van der Waals surface area contributed by atoms with Crippen molar-refractivity contribution in [3.8, 4) is 5.75 Å². The van der Waals surface area contributed by atoms with Crippen molar-refractivity contribution in [2.75, 3.05) is 6.61 Å². The van der Waals surface area contributed by atoms with Crippen LogP contribution in [0.5, 0.6) is 5.75 Å². The third-order valence-corrected chi connectivity index (χ3v) is 3.74. The molecule has 0 aliphatic heterocycles. The van der Waals surface area contributed by atoms with E-state index in [4.69, 9.17) is 9.84 Å². The van der Waals surface area contributed by atoms with Gasteiger partial charge in [-0.15, -0.1) is 0 Å². The second-order valence-corrected chi connectivity index (χ2v) is 5.81. The fraction of sp³-hybridized carbons (Fsp3) is 0.579. The molecule has 0 aliphatic carbocycles. The van der Waals surface area contributed by atoms with E-state index in [0.717, 1.165) is 31.6 Å². The van der Waals surface area contributed by atoms with Gasteiger partial charge < -0.3 is 9.84 Å². The number of rotatable bonds is 13. The van der Waals surface area contributed by atoms with Crippen LogP contribution in [0.3, 0.4) is 0 Å². The van der Waals surface area contributed by atoms with E-state index in [0.29, 0.717) is 18.4 Å². The average molecular weight is 320 g/mol. The number of carboxylic acid groups (broad SMARTS) is 1. The Hall–Kier alpha value is -1.84. The molecular weight excluding hydrogens is 292 g/mol. The van der Waals surface area contributed by atoms with Gasteiger partial charge in [0.2, 0.25) is 0 Å². The third kappa shape index (κ3) is 9.01. The first kappa shape index (κ1) is 19.2. The minimum Gasteiger partial charge on any atom is -0.494 e. The van der Waals surface area contributed by atoms with Crippen molar-refractivity contribution in [3.05, 3.63) is 29.8 Å². The van der Waals surface area contributed by atoms with Crippen LogP contribution in [0.2, 0.25) is 0 Å². The smallest absolute Gasteiger partial charge is 0.303 e. The second-order valence-electron chi connectivity index (χ2n) is 5.81. The van der Waals surface area contributed by atoms with Crippen molar-refractivity contribution in [1.29, 1.82) is 0 Å². The Morgan fingerprint density at radius 3 is 2.22 bits per heavy atom. The molecule has 4 heteroatoms. The summed E-state index contributed by atoms with van der Waals surface area (Å²) in [5.41, 5.74) is 0.696. The van der Waals surface area contributed by atoms with Crippen molar-refractivity contribution >= 4 is 11.8 Å². The van der Waals surface area contributed by atoms with Gasteiger partial charge in [-0.2, -0.15) is 0 Å². The van der Waals surface area contributed by atoms with Crippen LogP contribution in [0.1, 0.15) is 75.1 Å². The van der Waals surface area contributed by atoms with Gasteiger partial charge in [0.15, 0.2) is 5.78 Å². The minimum absolute atomic E-state index is 0.106. The number of ketones is 1. The monoisotopic (exact) mass is 320 g/mol. The molecule has 0 aromatic heterocycles. The highest BCUT2D eigenvalue weighted by molar-refractivity contribution is 5.96. The first-order valence-electron chi connectivity index (χ1n) is 8.61. The molecule has 0 unspecified atom stereocenters. The standard InChI is InChI=1S/C19H28O4/c1-2-3-4-8-15-23-17-13-11-16(12-14-17)18(20)9-6-5-7-10-19(21)22/h11-14H,2-10,15H2,1H3,(H,21,22). The van der Waals surface area contributed by atoms with Crippen LogP contribution in [0.4, 0.5) is 0 Å². The summed E-state index contributed by atoms with van der Waals surface area (Å²) >= 11 is 0. The molecule has 1 aromatic carbocycles. The van der Waals surface area contributed by atoms with Crippen LogP contribution in [0.25, 0.3) is 0 Å². The summed E-state index contributed by atoms with van der Waals surface area (Å²) in [6.45, 7) is 2.90. The molecule has 128 valence electrons. The number of carbonyl (C=O) groups is 2. The van der Waals surface area contributed by atoms with Gasteiger partial charge in [-0.1, -0.05) is 32.6 Å². The molecule has 0 saturated carbocycles. The van der Waals surface area contributed by atoms with Crippen LogP contribution in [0, 0.1) is 0 Å². The molecule has 1 N–H and O–H groups in total. The first-order chi connectivity index (χ1) is 11.1. The van der Waals surface area contributed by atoms with E-state index in [1.165, 1.54) is 19.3 Å². The normalized spacial score (nSPS) is 10.5. The Bertz CT molecular complexity index is 465. The zero-order valence-corrected chi connectivity index (χ0v) is 14.1. The second kappa shape index (κ2) is 11.7. The van der Waals surface area contributed by atoms with E-state index in [9.17, 15) is 9.59 Å². The SMILES string of the molecule is CCCCCCOc1ccc(C(=O)CCCCCC(=O)O)cc1. The molecule has 0 saturated heterocycles. The number of carboxylic acids is 1. The summed E-state index contributed by atoms with van der Waals surface area (Å²) in [7, 11) is 0. The summed E-state index contributed by atoms with van der Waals surface area (Å²) in [4.78, 5) is 22.4. The fourth-order valence-electron chi connectivity index (χ4n) is 2.34. The van der Waals surface area contributed by atoms with E-state index in [1.54, 1.807) is 12.1 Å². The number of carbonyl (C=O) groups excluding carboxylic acids is 1. The number of ether oxygens (including phenoxy) is 1. The van der Waals surface area contributed by atoms with Crippen LogP contribution >= 0.6 is 0 Å². The number of hydrogen-bond acceptors (Lipinski definition) is 3. The molecule has 1 rings (SSSR count). The van der Waals surface area contributed by atoms with Gasteiger partial charge in [-0.3, -0.25) is 9.59 Å². The molecule has 0 amide bonds. The molecule has 23 heavy (non-hydrogen) atoms.